The first-order valence-electron chi connectivity index (χ1n) is 6.16. The molecule has 3 N–H and O–H groups in total. The van der Waals surface area contributed by atoms with Crippen molar-refractivity contribution >= 4 is 5.82 Å². The summed E-state index contributed by atoms with van der Waals surface area (Å²) in [6.45, 7) is 0.789. The van der Waals surface area contributed by atoms with Gasteiger partial charge in [0, 0.05) is 31.0 Å². The molecule has 0 aromatic carbocycles. The quantitative estimate of drug-likeness (QED) is 0.776. The molecule has 0 amide bonds. The van der Waals surface area contributed by atoms with Crippen molar-refractivity contribution in [2.75, 3.05) is 11.9 Å². The van der Waals surface area contributed by atoms with E-state index in [0.29, 0.717) is 17.4 Å². The van der Waals surface area contributed by atoms with Crippen LogP contribution in [0.3, 0.4) is 0 Å². The van der Waals surface area contributed by atoms with Crippen molar-refractivity contribution in [1.29, 1.82) is 5.26 Å². The van der Waals surface area contributed by atoms with Gasteiger partial charge in [-0.2, -0.15) is 5.26 Å². The third-order valence-corrected chi connectivity index (χ3v) is 3.78. The number of nitrogens with two attached hydrogens (primary N) is 1. The Bertz CT molecular complexity index is 486. The van der Waals surface area contributed by atoms with Crippen molar-refractivity contribution < 1.29 is 4.74 Å². The molecule has 0 spiro atoms. The van der Waals surface area contributed by atoms with Crippen molar-refractivity contribution in [1.82, 2.24) is 9.97 Å². The highest BCUT2D eigenvalue weighted by molar-refractivity contribution is 5.48. The zero-order valence-electron chi connectivity index (χ0n) is 9.91. The normalized spacial score (nSPS) is 34.0. The number of anilines is 1. The van der Waals surface area contributed by atoms with Crippen molar-refractivity contribution in [2.45, 2.75) is 31.0 Å². The minimum absolute atomic E-state index is 0.0269. The Kier molecular flexibility index (Phi) is 2.86. The minimum Gasteiger partial charge on any atom is -0.376 e. The molecular weight excluding hydrogens is 230 g/mol. The van der Waals surface area contributed by atoms with Gasteiger partial charge in [-0.25, -0.2) is 9.97 Å². The van der Waals surface area contributed by atoms with Gasteiger partial charge in [0.2, 0.25) is 0 Å². The number of aromatic nitrogens is 2. The zero-order valence-corrected chi connectivity index (χ0v) is 9.91. The van der Waals surface area contributed by atoms with E-state index in [2.05, 4.69) is 15.3 Å². The molecule has 4 atom stereocenters. The van der Waals surface area contributed by atoms with E-state index in [9.17, 15) is 0 Å². The van der Waals surface area contributed by atoms with Crippen LogP contribution in [0.2, 0.25) is 0 Å². The summed E-state index contributed by atoms with van der Waals surface area (Å²) in [7, 11) is 0. The summed E-state index contributed by atoms with van der Waals surface area (Å²) < 4.78 is 5.73. The monoisotopic (exact) mass is 245 g/mol. The molecule has 1 aromatic heterocycles. The zero-order chi connectivity index (χ0) is 12.5. The lowest BCUT2D eigenvalue weighted by atomic mass is 9.68. The van der Waals surface area contributed by atoms with E-state index in [1.807, 2.05) is 6.07 Å². The van der Waals surface area contributed by atoms with Crippen molar-refractivity contribution in [2.24, 2.45) is 11.7 Å². The first-order valence-corrected chi connectivity index (χ1v) is 6.16. The molecule has 1 aromatic rings. The highest BCUT2D eigenvalue weighted by Gasteiger charge is 2.50. The van der Waals surface area contributed by atoms with E-state index in [-0.39, 0.29) is 18.2 Å². The maximum Gasteiger partial charge on any atom is 0.182 e. The first kappa shape index (κ1) is 11.4. The summed E-state index contributed by atoms with van der Waals surface area (Å²) in [4.78, 5) is 8.11. The van der Waals surface area contributed by atoms with Crippen molar-refractivity contribution in [3.05, 3.63) is 18.1 Å². The van der Waals surface area contributed by atoms with E-state index in [0.717, 1.165) is 19.4 Å². The van der Waals surface area contributed by atoms with Crippen LogP contribution < -0.4 is 11.1 Å². The Morgan fingerprint density at radius 3 is 3.11 bits per heavy atom. The van der Waals surface area contributed by atoms with Gasteiger partial charge in [0.1, 0.15) is 6.07 Å². The fraction of sp³-hybridized carbons (Fsp3) is 0.583. The molecule has 1 saturated carbocycles. The van der Waals surface area contributed by atoms with Gasteiger partial charge in [-0.1, -0.05) is 0 Å². The molecule has 6 heteroatoms. The fourth-order valence-electron chi connectivity index (χ4n) is 2.81. The van der Waals surface area contributed by atoms with Crippen LogP contribution >= 0.6 is 0 Å². The van der Waals surface area contributed by atoms with Gasteiger partial charge in [-0.15, -0.1) is 0 Å². The number of nitriles is 1. The van der Waals surface area contributed by atoms with Crippen LogP contribution in [0, 0.1) is 17.2 Å². The Morgan fingerprint density at radius 2 is 2.28 bits per heavy atom. The van der Waals surface area contributed by atoms with Gasteiger partial charge in [0.25, 0.3) is 0 Å². The van der Waals surface area contributed by atoms with Crippen LogP contribution in [0.4, 0.5) is 5.82 Å². The molecule has 2 heterocycles. The topological polar surface area (TPSA) is 96.9 Å². The van der Waals surface area contributed by atoms with Gasteiger partial charge in [-0.3, -0.25) is 0 Å². The summed E-state index contributed by atoms with van der Waals surface area (Å²) >= 11 is 0. The van der Waals surface area contributed by atoms with Crippen LogP contribution in [0.5, 0.6) is 0 Å². The molecule has 1 saturated heterocycles. The fourth-order valence-corrected chi connectivity index (χ4v) is 2.81. The number of hydrogen-bond acceptors (Lipinski definition) is 6. The SMILES string of the molecule is N#Cc1nccnc1NC1C(N)C2CCCOC21. The second-order valence-electron chi connectivity index (χ2n) is 4.75. The number of rotatable bonds is 2. The highest BCUT2D eigenvalue weighted by Crippen LogP contribution is 2.38. The largest absolute Gasteiger partial charge is 0.376 e. The molecular formula is C12H15N5O. The number of hydrogen-bond donors (Lipinski definition) is 2. The Hall–Kier alpha value is -1.71. The second kappa shape index (κ2) is 4.52. The Balaban J connectivity index is 1.75. The maximum absolute atomic E-state index is 8.97. The molecule has 3 rings (SSSR count). The van der Waals surface area contributed by atoms with Crippen LogP contribution in [0.15, 0.2) is 12.4 Å². The van der Waals surface area contributed by atoms with Gasteiger partial charge < -0.3 is 15.8 Å². The van der Waals surface area contributed by atoms with Crippen molar-refractivity contribution in [3.8, 4) is 6.07 Å². The lowest BCUT2D eigenvalue weighted by Crippen LogP contribution is -2.69. The lowest BCUT2D eigenvalue weighted by molar-refractivity contribution is -0.104. The molecule has 1 aliphatic heterocycles. The molecule has 18 heavy (non-hydrogen) atoms. The summed E-state index contributed by atoms with van der Waals surface area (Å²) in [6.07, 6.45) is 5.41. The molecule has 94 valence electrons. The smallest absolute Gasteiger partial charge is 0.182 e. The second-order valence-corrected chi connectivity index (χ2v) is 4.75. The number of nitrogens with one attached hydrogen (secondary N) is 1. The molecule has 1 aliphatic carbocycles. The predicted molar refractivity (Wildman–Crippen MR) is 64.6 cm³/mol. The predicted octanol–water partition coefficient (Wildman–Crippen LogP) is 0.265. The average Bonchev–Trinajstić information content (AvgIpc) is 2.44. The van der Waals surface area contributed by atoms with Crippen LogP contribution in [-0.4, -0.2) is 34.8 Å². The van der Waals surface area contributed by atoms with E-state index >= 15 is 0 Å². The van der Waals surface area contributed by atoms with Gasteiger partial charge >= 0.3 is 0 Å². The molecule has 2 fully saturated rings. The molecule has 0 bridgehead atoms. The standard InChI is InChI=1S/C12H15N5O/c13-6-8-12(16-4-3-15-8)17-10-9(14)7-2-1-5-18-11(7)10/h3-4,7,9-11H,1-2,5,14H2,(H,16,17). The van der Waals surface area contributed by atoms with Gasteiger partial charge in [0.05, 0.1) is 12.1 Å². The van der Waals surface area contributed by atoms with E-state index in [1.54, 1.807) is 6.20 Å². The summed E-state index contributed by atoms with van der Waals surface area (Å²) in [6, 6.07) is 2.10. The molecule has 4 unspecified atom stereocenters. The van der Waals surface area contributed by atoms with E-state index < -0.39 is 0 Å². The molecule has 2 aliphatic rings. The van der Waals surface area contributed by atoms with Crippen molar-refractivity contribution in [3.63, 3.8) is 0 Å². The molecule has 0 radical (unpaired) electrons. The third-order valence-electron chi connectivity index (χ3n) is 3.78. The van der Waals surface area contributed by atoms with E-state index in [1.165, 1.54) is 6.20 Å². The Morgan fingerprint density at radius 1 is 1.44 bits per heavy atom. The van der Waals surface area contributed by atoms with Crippen LogP contribution in [0.25, 0.3) is 0 Å². The summed E-state index contributed by atoms with van der Waals surface area (Å²) in [5.74, 6) is 0.923. The number of nitrogens with zero attached hydrogens (tertiary/aromatic N) is 3. The maximum atomic E-state index is 8.97. The molecule has 6 nitrogen and oxygen atoms in total. The lowest BCUT2D eigenvalue weighted by Gasteiger charge is -2.52. The van der Waals surface area contributed by atoms with Gasteiger partial charge in [-0.05, 0) is 12.8 Å². The summed E-state index contributed by atoms with van der Waals surface area (Å²) in [5, 5.41) is 12.2. The summed E-state index contributed by atoms with van der Waals surface area (Å²) in [5.41, 5.74) is 6.44. The van der Waals surface area contributed by atoms with Crippen LogP contribution in [0.1, 0.15) is 18.5 Å². The Labute approximate surface area is 105 Å². The first-order chi connectivity index (χ1) is 8.81. The highest BCUT2D eigenvalue weighted by atomic mass is 16.5. The minimum atomic E-state index is 0.0269. The average molecular weight is 245 g/mol. The van der Waals surface area contributed by atoms with Gasteiger partial charge in [0.15, 0.2) is 11.5 Å². The van der Waals surface area contributed by atoms with Crippen LogP contribution in [-0.2, 0) is 4.74 Å². The number of fused-ring (bicyclic) bond motifs is 1. The van der Waals surface area contributed by atoms with E-state index in [4.69, 9.17) is 15.7 Å². The number of ether oxygens (including phenoxy) is 1. The third kappa shape index (κ3) is 1.72.